The van der Waals surface area contributed by atoms with E-state index in [2.05, 4.69) is 37.6 Å². The minimum absolute atomic E-state index is 0.0495. The van der Waals surface area contributed by atoms with E-state index in [9.17, 15) is 14.4 Å². The second kappa shape index (κ2) is 15.0. The number of likely N-dealkylation sites (N-methyl/N-ethyl adjacent to an activating group) is 1. The average molecular weight is 665 g/mol. The highest BCUT2D eigenvalue weighted by Gasteiger charge is 2.36. The lowest BCUT2D eigenvalue weighted by Gasteiger charge is -2.35. The molecule has 1 aliphatic carbocycles. The molecular formula is C36H44N10O3. The van der Waals surface area contributed by atoms with Crippen molar-refractivity contribution < 1.29 is 14.4 Å². The van der Waals surface area contributed by atoms with E-state index in [0.717, 1.165) is 53.7 Å². The van der Waals surface area contributed by atoms with Crippen molar-refractivity contribution in [3.63, 3.8) is 0 Å². The van der Waals surface area contributed by atoms with Crippen LogP contribution in [-0.2, 0) is 16.0 Å². The SMILES string of the molecule is Cc1cc(C(=O)N2CCN(C)CC2)ncc1-c1ccc(C[C@@H](C(N)=O)N(C(=O)C2CCC(CN)CC2)c2ccc(-c3nn[nH]n3)cc2)cc1. The lowest BCUT2D eigenvalue weighted by Crippen LogP contribution is -2.52. The first kappa shape index (κ1) is 33.9. The molecule has 1 saturated carbocycles. The predicted octanol–water partition coefficient (Wildman–Crippen LogP) is 2.82. The van der Waals surface area contributed by atoms with Gasteiger partial charge in [0.15, 0.2) is 0 Å². The first-order chi connectivity index (χ1) is 23.7. The number of primary amides is 1. The van der Waals surface area contributed by atoms with Gasteiger partial charge in [0.2, 0.25) is 17.6 Å². The zero-order chi connectivity index (χ0) is 34.5. The van der Waals surface area contributed by atoms with Crippen LogP contribution in [0, 0.1) is 18.8 Å². The molecule has 256 valence electrons. The summed E-state index contributed by atoms with van der Waals surface area (Å²) in [7, 11) is 2.06. The van der Waals surface area contributed by atoms with Gasteiger partial charge in [-0.05, 0) is 104 Å². The van der Waals surface area contributed by atoms with E-state index in [-0.39, 0.29) is 24.2 Å². The largest absolute Gasteiger partial charge is 0.368 e. The Kier molecular flexibility index (Phi) is 10.4. The van der Waals surface area contributed by atoms with Crippen LogP contribution in [-0.4, -0.2) is 98.9 Å². The minimum atomic E-state index is -0.912. The molecule has 2 aromatic carbocycles. The van der Waals surface area contributed by atoms with Crippen molar-refractivity contribution in [2.45, 2.75) is 45.1 Å². The van der Waals surface area contributed by atoms with Crippen molar-refractivity contribution >= 4 is 23.4 Å². The number of aromatic nitrogens is 5. The minimum Gasteiger partial charge on any atom is -0.368 e. The molecule has 4 aromatic rings. The number of nitrogens with zero attached hydrogens (tertiary/aromatic N) is 7. The van der Waals surface area contributed by atoms with Gasteiger partial charge < -0.3 is 21.3 Å². The van der Waals surface area contributed by atoms with Gasteiger partial charge in [-0.1, -0.05) is 24.3 Å². The summed E-state index contributed by atoms with van der Waals surface area (Å²) in [6.45, 7) is 5.66. The summed E-state index contributed by atoms with van der Waals surface area (Å²) in [4.78, 5) is 50.6. The van der Waals surface area contributed by atoms with Crippen LogP contribution in [0.5, 0.6) is 0 Å². The molecule has 0 spiro atoms. The Morgan fingerprint density at radius 2 is 1.63 bits per heavy atom. The summed E-state index contributed by atoms with van der Waals surface area (Å²) in [5.41, 5.74) is 17.4. The molecule has 3 amide bonds. The highest BCUT2D eigenvalue weighted by molar-refractivity contribution is 6.02. The maximum Gasteiger partial charge on any atom is 0.272 e. The van der Waals surface area contributed by atoms with Crippen molar-refractivity contribution in [1.82, 2.24) is 35.4 Å². The second-order valence-corrected chi connectivity index (χ2v) is 13.2. The van der Waals surface area contributed by atoms with Crippen molar-refractivity contribution in [2.24, 2.45) is 23.3 Å². The summed E-state index contributed by atoms with van der Waals surface area (Å²) < 4.78 is 0. The van der Waals surface area contributed by atoms with E-state index in [4.69, 9.17) is 11.5 Å². The van der Waals surface area contributed by atoms with Gasteiger partial charge in [0.05, 0.1) is 0 Å². The Morgan fingerprint density at radius 1 is 0.959 bits per heavy atom. The molecule has 3 heterocycles. The Balaban J connectivity index is 1.22. The van der Waals surface area contributed by atoms with Crippen LogP contribution < -0.4 is 16.4 Å². The number of amides is 3. The summed E-state index contributed by atoms with van der Waals surface area (Å²) in [6, 6.07) is 16.0. The van der Waals surface area contributed by atoms with E-state index >= 15 is 0 Å². The van der Waals surface area contributed by atoms with Crippen LogP contribution in [0.25, 0.3) is 22.5 Å². The van der Waals surface area contributed by atoms with E-state index < -0.39 is 11.9 Å². The topological polar surface area (TPSA) is 180 Å². The monoisotopic (exact) mass is 664 g/mol. The summed E-state index contributed by atoms with van der Waals surface area (Å²) in [6.07, 6.45) is 5.16. The number of nitrogens with one attached hydrogen (secondary N) is 1. The molecule has 6 rings (SSSR count). The number of anilines is 1. The molecule has 2 fully saturated rings. The summed E-state index contributed by atoms with van der Waals surface area (Å²) in [5.74, 6) is -0.147. The molecule has 1 saturated heterocycles. The molecule has 2 aliphatic rings. The van der Waals surface area contributed by atoms with Crippen molar-refractivity contribution in [2.75, 3.05) is 44.7 Å². The molecule has 5 N–H and O–H groups in total. The number of tetrazole rings is 1. The van der Waals surface area contributed by atoms with Crippen LogP contribution in [0.4, 0.5) is 5.69 Å². The fraction of sp³-hybridized carbons (Fsp3) is 0.417. The first-order valence-electron chi connectivity index (χ1n) is 16.9. The Bertz CT molecular complexity index is 1740. The van der Waals surface area contributed by atoms with Crippen LogP contribution in [0.1, 0.15) is 47.3 Å². The molecule has 1 aliphatic heterocycles. The highest BCUT2D eigenvalue weighted by Crippen LogP contribution is 2.33. The smallest absolute Gasteiger partial charge is 0.272 e. The molecule has 13 nitrogen and oxygen atoms in total. The quantitative estimate of drug-likeness (QED) is 0.230. The number of pyridine rings is 1. The number of aromatic amines is 1. The molecule has 49 heavy (non-hydrogen) atoms. The van der Waals surface area contributed by atoms with E-state index in [1.54, 1.807) is 35.4 Å². The first-order valence-corrected chi connectivity index (χ1v) is 16.9. The number of rotatable bonds is 10. The second-order valence-electron chi connectivity index (χ2n) is 13.2. The van der Waals surface area contributed by atoms with Gasteiger partial charge in [-0.3, -0.25) is 24.3 Å². The fourth-order valence-corrected chi connectivity index (χ4v) is 6.87. The third-order valence-corrected chi connectivity index (χ3v) is 9.97. The lowest BCUT2D eigenvalue weighted by atomic mass is 9.81. The van der Waals surface area contributed by atoms with Crippen molar-refractivity contribution in [3.05, 3.63) is 77.6 Å². The summed E-state index contributed by atoms with van der Waals surface area (Å²) in [5, 5.41) is 14.1. The zero-order valence-electron chi connectivity index (χ0n) is 28.1. The molecular weight excluding hydrogens is 620 g/mol. The third kappa shape index (κ3) is 7.68. The number of hydrogen-bond donors (Lipinski definition) is 3. The number of hydrogen-bond acceptors (Lipinski definition) is 9. The standard InChI is InChI=1S/C36H44N10O3/c1-23-19-31(36(49)45-17-15-44(2)16-18-45)39-22-30(23)26-7-3-24(4-8-26)20-32(33(38)47)46(35(48)28-9-5-25(21-37)6-10-28)29-13-11-27(12-14-29)34-40-42-43-41-34/h3-4,7-8,11-14,19,22,25,28,32H,5-6,9-10,15-18,20-21,37H2,1-2H3,(H2,38,47)(H,40,41,42,43)/t25?,28?,32-/m0/s1. The fourth-order valence-electron chi connectivity index (χ4n) is 6.87. The van der Waals surface area contributed by atoms with Gasteiger partial charge in [-0.2, -0.15) is 5.21 Å². The maximum absolute atomic E-state index is 14.2. The van der Waals surface area contributed by atoms with Crippen molar-refractivity contribution in [3.8, 4) is 22.5 Å². The van der Waals surface area contributed by atoms with Gasteiger partial charge in [0.1, 0.15) is 11.7 Å². The van der Waals surface area contributed by atoms with Gasteiger partial charge in [-0.25, -0.2) is 0 Å². The Hall–Kier alpha value is -5.01. The number of nitrogens with two attached hydrogens (primary N) is 2. The summed E-state index contributed by atoms with van der Waals surface area (Å²) >= 11 is 0. The number of carbonyl (C=O) groups excluding carboxylic acids is 3. The third-order valence-electron chi connectivity index (χ3n) is 9.97. The maximum atomic E-state index is 14.2. The number of aryl methyl sites for hydroxylation is 1. The number of carbonyl (C=O) groups is 3. The number of H-pyrrole nitrogens is 1. The average Bonchev–Trinajstić information content (AvgIpc) is 3.67. The van der Waals surface area contributed by atoms with Crippen LogP contribution in [0.3, 0.4) is 0 Å². The van der Waals surface area contributed by atoms with E-state index in [1.165, 1.54) is 0 Å². The van der Waals surface area contributed by atoms with Gasteiger partial charge in [0.25, 0.3) is 5.91 Å². The van der Waals surface area contributed by atoms with Crippen molar-refractivity contribution in [1.29, 1.82) is 0 Å². The Morgan fingerprint density at radius 3 is 2.22 bits per heavy atom. The van der Waals surface area contributed by atoms with Gasteiger partial charge in [-0.15, -0.1) is 10.2 Å². The molecule has 0 unspecified atom stereocenters. The molecule has 0 bridgehead atoms. The van der Waals surface area contributed by atoms with Crippen LogP contribution >= 0.6 is 0 Å². The van der Waals surface area contributed by atoms with E-state index in [1.807, 2.05) is 42.2 Å². The molecule has 13 heteroatoms. The van der Waals surface area contributed by atoms with Crippen LogP contribution in [0.15, 0.2) is 60.8 Å². The van der Waals surface area contributed by atoms with Crippen LogP contribution in [0.2, 0.25) is 0 Å². The molecule has 1 atom stereocenters. The van der Waals surface area contributed by atoms with Gasteiger partial charge in [0, 0.05) is 61.5 Å². The number of benzene rings is 2. The Labute approximate surface area is 286 Å². The predicted molar refractivity (Wildman–Crippen MR) is 186 cm³/mol. The van der Waals surface area contributed by atoms with E-state index in [0.29, 0.717) is 55.6 Å². The highest BCUT2D eigenvalue weighted by atomic mass is 16.2. The normalized spacial score (nSPS) is 19.0. The molecule has 0 radical (unpaired) electrons. The molecule has 2 aromatic heterocycles. The van der Waals surface area contributed by atoms with Gasteiger partial charge >= 0.3 is 0 Å². The lowest BCUT2D eigenvalue weighted by molar-refractivity contribution is -0.127. The zero-order valence-corrected chi connectivity index (χ0v) is 28.1. The number of piperazine rings is 1.